The van der Waals surface area contributed by atoms with E-state index >= 15 is 8.42 Å². The van der Waals surface area contributed by atoms with Crippen molar-refractivity contribution in [2.45, 2.75) is 35.9 Å². The van der Waals surface area contributed by atoms with Crippen molar-refractivity contribution in [1.82, 2.24) is 4.98 Å². The number of hydrogen-bond acceptors (Lipinski definition) is 10. The lowest BCUT2D eigenvalue weighted by Crippen LogP contribution is -2.77. The number of methoxy groups -OCH3 is 1. The number of ether oxygens (including phenoxy) is 2. The van der Waals surface area contributed by atoms with Gasteiger partial charge in [-0.1, -0.05) is 48.5 Å². The molecule has 1 saturated heterocycles. The van der Waals surface area contributed by atoms with Crippen LogP contribution in [0.2, 0.25) is 0 Å². The van der Waals surface area contributed by atoms with E-state index in [0.717, 1.165) is 0 Å². The van der Waals surface area contributed by atoms with Crippen molar-refractivity contribution in [3.8, 4) is 17.6 Å². The maximum Gasteiger partial charge on any atom is 0.337 e. The second-order valence-corrected chi connectivity index (χ2v) is 13.1. The van der Waals surface area contributed by atoms with Crippen LogP contribution < -0.4 is 24.8 Å². The molecule has 13 heteroatoms. The number of benzene rings is 3. The van der Waals surface area contributed by atoms with Gasteiger partial charge in [0.15, 0.2) is 17.0 Å². The summed E-state index contributed by atoms with van der Waals surface area (Å²) in [5.41, 5.74) is 1.67. The quantitative estimate of drug-likeness (QED) is 0.278. The molecule has 0 saturated carbocycles. The van der Waals surface area contributed by atoms with Gasteiger partial charge >= 0.3 is 10.0 Å². The summed E-state index contributed by atoms with van der Waals surface area (Å²) in [6.45, 7) is 1.23. The molecule has 1 aromatic heterocycles. The molecule has 2 aliphatic rings. The molecule has 1 N–H and O–H groups in total. The predicted molar refractivity (Wildman–Crippen MR) is 169 cm³/mol. The highest BCUT2D eigenvalue weighted by Crippen LogP contribution is 2.53. The van der Waals surface area contributed by atoms with E-state index in [1.165, 1.54) is 37.7 Å². The van der Waals surface area contributed by atoms with Gasteiger partial charge in [0.05, 0.1) is 19.8 Å². The average molecular weight is 654 g/mol. The van der Waals surface area contributed by atoms with Gasteiger partial charge in [0.1, 0.15) is 30.0 Å². The van der Waals surface area contributed by atoms with E-state index in [4.69, 9.17) is 9.47 Å². The second-order valence-electron chi connectivity index (χ2n) is 11.1. The lowest BCUT2D eigenvalue weighted by atomic mass is 9.80. The van der Waals surface area contributed by atoms with Crippen molar-refractivity contribution in [2.24, 2.45) is 0 Å². The molecular weight excluding hydrogens is 622 g/mol. The maximum atomic E-state index is 15.2. The Hall–Kier alpha value is -5.45. The first kappa shape index (κ1) is 31.5. The number of pyridine rings is 1. The largest absolute Gasteiger partial charge is 0.497 e. The lowest BCUT2D eigenvalue weighted by molar-refractivity contribution is -0.793. The molecule has 47 heavy (non-hydrogen) atoms. The van der Waals surface area contributed by atoms with Crippen LogP contribution in [-0.4, -0.2) is 61.6 Å². The van der Waals surface area contributed by atoms with Crippen molar-refractivity contribution >= 4 is 33.4 Å². The highest BCUT2D eigenvalue weighted by molar-refractivity contribution is 7.86. The van der Waals surface area contributed by atoms with Gasteiger partial charge in [-0.25, -0.2) is 0 Å². The number of nitrogens with one attached hydrogen (secondary N) is 1. The number of sulfonamides is 1. The number of anilines is 2. The Morgan fingerprint density at radius 2 is 1.66 bits per heavy atom. The average Bonchev–Trinajstić information content (AvgIpc) is 3.42. The van der Waals surface area contributed by atoms with Crippen molar-refractivity contribution in [2.75, 3.05) is 30.5 Å². The summed E-state index contributed by atoms with van der Waals surface area (Å²) in [6.07, 6.45) is 1.04. The van der Waals surface area contributed by atoms with Gasteiger partial charge in [0, 0.05) is 29.3 Å². The van der Waals surface area contributed by atoms with Crippen LogP contribution in [0.5, 0.6) is 11.5 Å². The van der Waals surface area contributed by atoms with E-state index in [9.17, 15) is 20.0 Å². The predicted octanol–water partition coefficient (Wildman–Crippen LogP) is 3.60. The summed E-state index contributed by atoms with van der Waals surface area (Å²) < 4.78 is 40.0. The number of hydrogen-bond donors (Lipinski definition) is 1. The van der Waals surface area contributed by atoms with Crippen LogP contribution in [0.1, 0.15) is 30.0 Å². The van der Waals surface area contributed by atoms with Gasteiger partial charge in [-0.2, -0.15) is 17.6 Å². The molecule has 0 radical (unpaired) electrons. The zero-order chi connectivity index (χ0) is 33.3. The van der Waals surface area contributed by atoms with Crippen molar-refractivity contribution in [1.29, 1.82) is 5.26 Å². The minimum atomic E-state index is -5.05. The number of aromatic nitrogens is 1. The standard InChI is InChI=1S/C34H31N5O7S/c1-3-46-27-13-7-5-11-25(27)31-32(30-24-10-4-6-12-26(24)37-33(30)40)39(34(41)42,47(43,44)29-15-9-8-14-28(29)45-2)21-23(20-35)38(31)22-16-18-36-19-17-22/h4-19,23,30-32H,3,21H2,1-2H3,(H-,37,40,41,42). The summed E-state index contributed by atoms with van der Waals surface area (Å²) in [7, 11) is -3.78. The first-order valence-corrected chi connectivity index (χ1v) is 16.3. The smallest absolute Gasteiger partial charge is 0.337 e. The molecule has 3 aromatic carbocycles. The summed E-state index contributed by atoms with van der Waals surface area (Å²) in [4.78, 5) is 33.4. The molecule has 12 nitrogen and oxygen atoms in total. The number of carbonyl (C=O) groups is 2. The Bertz CT molecular complexity index is 1980. The molecule has 5 unspecified atom stereocenters. The molecule has 0 spiro atoms. The fourth-order valence-corrected chi connectivity index (χ4v) is 9.01. The van der Waals surface area contributed by atoms with Crippen molar-refractivity contribution in [3.05, 3.63) is 108 Å². The van der Waals surface area contributed by atoms with E-state index in [2.05, 4.69) is 16.4 Å². The van der Waals surface area contributed by atoms with Crippen LogP contribution in [0.15, 0.2) is 102 Å². The molecule has 2 aliphatic heterocycles. The van der Waals surface area contributed by atoms with Crippen molar-refractivity contribution in [3.63, 3.8) is 0 Å². The molecule has 4 aromatic rings. The number of fused-ring (bicyclic) bond motifs is 1. The van der Waals surface area contributed by atoms with Gasteiger partial charge in [0.2, 0.25) is 5.91 Å². The monoisotopic (exact) mass is 653 g/mol. The number of rotatable bonds is 8. The number of nitriles is 1. The fourth-order valence-electron chi connectivity index (χ4n) is 6.91. The summed E-state index contributed by atoms with van der Waals surface area (Å²) >= 11 is 0. The van der Waals surface area contributed by atoms with Crippen molar-refractivity contribution < 1.29 is 36.5 Å². The fraction of sp³-hybridized carbons (Fsp3) is 0.235. The minimum absolute atomic E-state index is 0.0994. The number of piperazine rings is 1. The third-order valence-electron chi connectivity index (χ3n) is 8.79. The van der Waals surface area contributed by atoms with Crippen LogP contribution in [-0.2, 0) is 14.8 Å². The Balaban J connectivity index is 1.77. The molecule has 3 heterocycles. The van der Waals surface area contributed by atoms with Crippen LogP contribution in [0.3, 0.4) is 0 Å². The van der Waals surface area contributed by atoms with E-state index in [1.54, 1.807) is 78.6 Å². The lowest BCUT2D eigenvalue weighted by Gasteiger charge is -2.55. The molecule has 6 rings (SSSR count). The first-order valence-electron chi connectivity index (χ1n) is 14.9. The zero-order valence-electron chi connectivity index (χ0n) is 25.5. The van der Waals surface area contributed by atoms with Gasteiger partial charge < -0.3 is 29.6 Å². The number of carboxylic acid groups (broad SMARTS) is 1. The molecule has 240 valence electrons. The van der Waals surface area contributed by atoms with Crippen LogP contribution in [0, 0.1) is 11.3 Å². The normalized spacial score (nSPS) is 23.7. The van der Waals surface area contributed by atoms with E-state index in [1.807, 2.05) is 0 Å². The van der Waals surface area contributed by atoms with Crippen LogP contribution >= 0.6 is 0 Å². The summed E-state index contributed by atoms with van der Waals surface area (Å²) in [5, 5.41) is 27.4. The number of nitrogens with zero attached hydrogens (tertiary/aromatic N) is 4. The first-order chi connectivity index (χ1) is 22.7. The third kappa shape index (κ3) is 4.93. The zero-order valence-corrected chi connectivity index (χ0v) is 26.3. The second kappa shape index (κ2) is 12.4. The van der Waals surface area contributed by atoms with Crippen LogP contribution in [0.4, 0.5) is 16.2 Å². The Morgan fingerprint density at radius 1 is 1.02 bits per heavy atom. The molecular formula is C34H31N5O7S. The summed E-state index contributed by atoms with van der Waals surface area (Å²) in [6, 6.07) is 20.4. The Kier molecular flexibility index (Phi) is 8.31. The third-order valence-corrected chi connectivity index (χ3v) is 11.1. The topological polar surface area (TPSA) is 162 Å². The number of quaternary nitrogens is 1. The number of amides is 2. The summed E-state index contributed by atoms with van der Waals surface area (Å²) in [5.74, 6) is -1.70. The maximum absolute atomic E-state index is 15.2. The molecule has 1 fully saturated rings. The van der Waals surface area contributed by atoms with Crippen LogP contribution in [0.25, 0.3) is 0 Å². The SMILES string of the molecule is CCOc1ccccc1C1C(C2C(=O)Nc3ccccc32)[N+](C(=O)[O-])(S(=O)(=O)c2ccccc2OC)CC(C#N)N1c1ccncc1. The van der Waals surface area contributed by atoms with Gasteiger partial charge in [0.25, 0.3) is 6.09 Å². The van der Waals surface area contributed by atoms with E-state index in [0.29, 0.717) is 28.3 Å². The molecule has 5 atom stereocenters. The van der Waals surface area contributed by atoms with E-state index in [-0.39, 0.29) is 12.4 Å². The molecule has 0 aliphatic carbocycles. The molecule has 0 bridgehead atoms. The Morgan fingerprint density at radius 3 is 2.32 bits per heavy atom. The molecule has 2 amide bonds. The van der Waals surface area contributed by atoms with E-state index < -0.39 is 61.4 Å². The highest BCUT2D eigenvalue weighted by Gasteiger charge is 2.67. The van der Waals surface area contributed by atoms with Gasteiger partial charge in [-0.3, -0.25) is 9.78 Å². The minimum Gasteiger partial charge on any atom is -0.497 e. The Labute approximate surface area is 272 Å². The number of carbonyl (C=O) groups excluding carboxylic acids is 2. The number of para-hydroxylation sites is 3. The van der Waals surface area contributed by atoms with Gasteiger partial charge in [-0.05, 0) is 48.9 Å². The highest BCUT2D eigenvalue weighted by atomic mass is 32.2. The van der Waals surface area contributed by atoms with Gasteiger partial charge in [-0.15, -0.1) is 0 Å².